The van der Waals surface area contributed by atoms with Crippen LogP contribution in [0.1, 0.15) is 28.8 Å². The van der Waals surface area contributed by atoms with Gasteiger partial charge in [-0.25, -0.2) is 9.18 Å². The van der Waals surface area contributed by atoms with Gasteiger partial charge in [0.05, 0.1) is 12.2 Å². The second kappa shape index (κ2) is 5.98. The first-order valence-electron chi connectivity index (χ1n) is 5.22. The molecule has 0 bridgehead atoms. The summed E-state index contributed by atoms with van der Waals surface area (Å²) in [6.45, 7) is 1.69. The Hall–Kier alpha value is -1.91. The van der Waals surface area contributed by atoms with Crippen molar-refractivity contribution < 1.29 is 18.7 Å². The fourth-order valence-electron chi connectivity index (χ4n) is 1.27. The van der Waals surface area contributed by atoms with Gasteiger partial charge in [-0.2, -0.15) is 0 Å². The Morgan fingerprint density at radius 1 is 1.41 bits per heavy atom. The number of ether oxygens (including phenoxy) is 1. The number of rotatable bonds is 5. The van der Waals surface area contributed by atoms with Gasteiger partial charge in [0.15, 0.2) is 0 Å². The van der Waals surface area contributed by atoms with Crippen LogP contribution in [0.15, 0.2) is 18.2 Å². The topological polar surface area (TPSA) is 69.4 Å². The van der Waals surface area contributed by atoms with Crippen molar-refractivity contribution in [1.29, 1.82) is 0 Å². The van der Waals surface area contributed by atoms with Crippen molar-refractivity contribution in [1.82, 2.24) is 0 Å². The number of hydrogen-bond acceptors (Lipinski definition) is 3. The minimum atomic E-state index is -0.530. The molecule has 0 radical (unpaired) electrons. The summed E-state index contributed by atoms with van der Waals surface area (Å²) in [4.78, 5) is 21.9. The largest absolute Gasteiger partial charge is 0.462 e. The normalized spacial score (nSPS) is 10.0. The van der Waals surface area contributed by atoms with Gasteiger partial charge < -0.3 is 10.5 Å². The summed E-state index contributed by atoms with van der Waals surface area (Å²) in [7, 11) is 0. The summed E-state index contributed by atoms with van der Waals surface area (Å²) in [6, 6.07) is 4.00. The number of esters is 1. The van der Waals surface area contributed by atoms with Crippen molar-refractivity contribution >= 4 is 11.9 Å². The smallest absolute Gasteiger partial charge is 0.338 e. The van der Waals surface area contributed by atoms with Crippen LogP contribution in [0, 0.1) is 12.7 Å². The third-order valence-electron chi connectivity index (χ3n) is 2.19. The van der Waals surface area contributed by atoms with Crippen LogP contribution in [0.3, 0.4) is 0 Å². The summed E-state index contributed by atoms with van der Waals surface area (Å²) in [6.07, 6.45) is 0.566. The molecular weight excluding hydrogens is 225 g/mol. The first kappa shape index (κ1) is 13.2. The summed E-state index contributed by atoms with van der Waals surface area (Å²) >= 11 is 0. The Bertz CT molecular complexity index is 432. The summed E-state index contributed by atoms with van der Waals surface area (Å²) in [5.41, 5.74) is 5.62. The zero-order valence-electron chi connectivity index (χ0n) is 9.53. The van der Waals surface area contributed by atoms with Crippen molar-refractivity contribution in [2.45, 2.75) is 19.8 Å². The van der Waals surface area contributed by atoms with Crippen LogP contribution in [0.25, 0.3) is 0 Å². The van der Waals surface area contributed by atoms with E-state index < -0.39 is 11.9 Å². The van der Waals surface area contributed by atoms with E-state index in [-0.39, 0.29) is 18.8 Å². The molecule has 92 valence electrons. The fourth-order valence-corrected chi connectivity index (χ4v) is 1.27. The lowest BCUT2D eigenvalue weighted by Gasteiger charge is -2.05. The fraction of sp³-hybridized carbons (Fsp3) is 0.333. The van der Waals surface area contributed by atoms with E-state index in [2.05, 4.69) is 0 Å². The van der Waals surface area contributed by atoms with Gasteiger partial charge >= 0.3 is 5.97 Å². The van der Waals surface area contributed by atoms with Crippen molar-refractivity contribution in [2.75, 3.05) is 6.61 Å². The van der Waals surface area contributed by atoms with E-state index >= 15 is 0 Å². The van der Waals surface area contributed by atoms with E-state index in [0.717, 1.165) is 0 Å². The van der Waals surface area contributed by atoms with Crippen LogP contribution in [0.2, 0.25) is 0 Å². The van der Waals surface area contributed by atoms with E-state index in [1.807, 2.05) is 0 Å². The van der Waals surface area contributed by atoms with E-state index in [1.165, 1.54) is 18.2 Å². The highest BCUT2D eigenvalue weighted by molar-refractivity contribution is 5.89. The van der Waals surface area contributed by atoms with Gasteiger partial charge in [-0.3, -0.25) is 4.79 Å². The average Bonchev–Trinajstić information content (AvgIpc) is 2.27. The highest BCUT2D eigenvalue weighted by Gasteiger charge is 2.09. The molecule has 0 aliphatic carbocycles. The maximum atomic E-state index is 13.0. The number of carbonyl (C=O) groups excluding carboxylic acids is 2. The quantitative estimate of drug-likeness (QED) is 0.626. The number of benzene rings is 1. The van der Waals surface area contributed by atoms with Crippen LogP contribution in [0.4, 0.5) is 4.39 Å². The van der Waals surface area contributed by atoms with E-state index in [4.69, 9.17) is 10.5 Å². The molecule has 0 saturated carbocycles. The molecule has 5 heteroatoms. The predicted octanol–water partition coefficient (Wildman–Crippen LogP) is 1.56. The Balaban J connectivity index is 2.47. The number of amides is 1. The first-order chi connectivity index (χ1) is 8.00. The molecule has 0 unspecified atom stereocenters. The highest BCUT2D eigenvalue weighted by Crippen LogP contribution is 2.10. The van der Waals surface area contributed by atoms with Gasteiger partial charge in [0.1, 0.15) is 5.82 Å². The molecule has 17 heavy (non-hydrogen) atoms. The molecule has 1 amide bonds. The summed E-state index contributed by atoms with van der Waals surface area (Å²) < 4.78 is 17.9. The average molecular weight is 239 g/mol. The maximum absolute atomic E-state index is 13.0. The Morgan fingerprint density at radius 2 is 2.12 bits per heavy atom. The molecule has 0 saturated heterocycles. The Labute approximate surface area is 98.6 Å². The number of carbonyl (C=O) groups is 2. The lowest BCUT2D eigenvalue weighted by molar-refractivity contribution is -0.118. The Kier molecular flexibility index (Phi) is 4.63. The molecule has 0 aromatic heterocycles. The second-order valence-corrected chi connectivity index (χ2v) is 3.67. The van der Waals surface area contributed by atoms with Crippen molar-refractivity contribution in [2.24, 2.45) is 5.73 Å². The van der Waals surface area contributed by atoms with Gasteiger partial charge in [-0.05, 0) is 37.1 Å². The van der Waals surface area contributed by atoms with Crippen LogP contribution < -0.4 is 5.73 Å². The molecule has 0 fully saturated rings. The van der Waals surface area contributed by atoms with Gasteiger partial charge in [-0.1, -0.05) is 0 Å². The minimum Gasteiger partial charge on any atom is -0.462 e. The maximum Gasteiger partial charge on any atom is 0.338 e. The lowest BCUT2D eigenvalue weighted by Crippen LogP contribution is -2.13. The molecule has 4 nitrogen and oxygen atoms in total. The highest BCUT2D eigenvalue weighted by atomic mass is 19.1. The number of hydrogen-bond donors (Lipinski definition) is 1. The molecule has 1 aromatic carbocycles. The molecule has 1 aromatic rings. The van der Waals surface area contributed by atoms with E-state index in [9.17, 15) is 14.0 Å². The molecular formula is C12H14FNO3. The summed E-state index contributed by atoms with van der Waals surface area (Å²) in [5, 5.41) is 0. The van der Waals surface area contributed by atoms with Crippen LogP contribution >= 0.6 is 0 Å². The SMILES string of the molecule is Cc1cc(C(=O)OCCCC(N)=O)ccc1F. The number of aryl methyl sites for hydroxylation is 1. The predicted molar refractivity (Wildman–Crippen MR) is 59.8 cm³/mol. The zero-order chi connectivity index (χ0) is 12.8. The second-order valence-electron chi connectivity index (χ2n) is 3.67. The van der Waals surface area contributed by atoms with Gasteiger partial charge in [0.25, 0.3) is 0 Å². The molecule has 0 atom stereocenters. The van der Waals surface area contributed by atoms with Crippen LogP contribution in [-0.2, 0) is 9.53 Å². The molecule has 0 aliphatic rings. The van der Waals surface area contributed by atoms with E-state index in [1.54, 1.807) is 6.92 Å². The monoisotopic (exact) mass is 239 g/mol. The number of nitrogens with two attached hydrogens (primary N) is 1. The van der Waals surface area contributed by atoms with Crippen molar-refractivity contribution in [3.05, 3.63) is 35.1 Å². The van der Waals surface area contributed by atoms with Crippen molar-refractivity contribution in [3.8, 4) is 0 Å². The van der Waals surface area contributed by atoms with Crippen LogP contribution in [-0.4, -0.2) is 18.5 Å². The molecule has 1 rings (SSSR count). The lowest BCUT2D eigenvalue weighted by atomic mass is 10.1. The summed E-state index contributed by atoms with van der Waals surface area (Å²) in [5.74, 6) is -1.33. The van der Waals surface area contributed by atoms with Crippen LogP contribution in [0.5, 0.6) is 0 Å². The Morgan fingerprint density at radius 3 is 2.71 bits per heavy atom. The molecule has 0 heterocycles. The number of halogens is 1. The standard InChI is InChI=1S/C12H14FNO3/c1-8-7-9(4-5-10(8)13)12(16)17-6-2-3-11(14)15/h4-5,7H,2-3,6H2,1H3,(H2,14,15). The molecule has 0 aliphatic heterocycles. The molecule has 2 N–H and O–H groups in total. The van der Waals surface area contributed by atoms with Gasteiger partial charge in [-0.15, -0.1) is 0 Å². The van der Waals surface area contributed by atoms with E-state index in [0.29, 0.717) is 17.5 Å². The minimum absolute atomic E-state index is 0.123. The van der Waals surface area contributed by atoms with Gasteiger partial charge in [0, 0.05) is 6.42 Å². The number of primary amides is 1. The zero-order valence-corrected chi connectivity index (χ0v) is 9.53. The molecule has 0 spiro atoms. The van der Waals surface area contributed by atoms with Crippen molar-refractivity contribution in [3.63, 3.8) is 0 Å². The first-order valence-corrected chi connectivity index (χ1v) is 5.22. The third kappa shape index (κ3) is 4.22. The third-order valence-corrected chi connectivity index (χ3v) is 2.19. The van der Waals surface area contributed by atoms with Gasteiger partial charge in [0.2, 0.25) is 5.91 Å².